The van der Waals surface area contributed by atoms with Crippen LogP contribution in [0.3, 0.4) is 0 Å². The van der Waals surface area contributed by atoms with Crippen molar-refractivity contribution in [3.05, 3.63) is 139 Å². The van der Waals surface area contributed by atoms with Crippen LogP contribution in [0.4, 0.5) is 11.4 Å². The minimum atomic E-state index is -0.272. The van der Waals surface area contributed by atoms with E-state index in [0.29, 0.717) is 0 Å². The Morgan fingerprint density at radius 1 is 0.618 bits per heavy atom. The minimum Gasteiger partial charge on any atom is -0.511 e. The van der Waals surface area contributed by atoms with Gasteiger partial charge in [-0.2, -0.15) is 6.07 Å². The van der Waals surface area contributed by atoms with Gasteiger partial charge in [-0.15, -0.1) is 40.8 Å². The maximum absolute atomic E-state index is 6.73. The van der Waals surface area contributed by atoms with Crippen LogP contribution >= 0.6 is 0 Å². The standard InChI is InChI=1S/C48H40N4O2.Pt/c1-45(2)33-24-39-31(22-35(33)52-27-50(25-40(52)47(45,5)6)29-17-13-10-14-18-29)42-37(54-39)20-19-36-41(42)30-21-34-32(23-38(30)53-36)46(3,4)48(7,8)44-43(49-26-51(34)44)28-15-11-9-12-16-28;/h9-20,23-25,27H,1-8H3;/q-4;+4. The number of nitrogens with zero attached hydrogens (tertiary/aromatic N) is 4. The van der Waals surface area contributed by atoms with Crippen LogP contribution in [0.5, 0.6) is 0 Å². The van der Waals surface area contributed by atoms with Gasteiger partial charge in [0.2, 0.25) is 0 Å². The molecule has 3 aliphatic rings. The molecule has 0 fully saturated rings. The van der Waals surface area contributed by atoms with Crippen molar-refractivity contribution in [2.75, 3.05) is 9.80 Å². The molecular formula is C48H40N4O2Pt. The number of fused-ring (bicyclic) bond motifs is 13. The van der Waals surface area contributed by atoms with E-state index in [1.54, 1.807) is 0 Å². The molecule has 0 saturated carbocycles. The molecule has 0 bridgehead atoms. The number of rotatable bonds is 2. The summed E-state index contributed by atoms with van der Waals surface area (Å²) in [4.78, 5) is 9.46. The van der Waals surface area contributed by atoms with Gasteiger partial charge in [0.1, 0.15) is 0 Å². The van der Waals surface area contributed by atoms with Crippen molar-refractivity contribution < 1.29 is 29.9 Å². The van der Waals surface area contributed by atoms with E-state index in [1.807, 2.05) is 18.2 Å². The molecule has 0 amide bonds. The molecule has 7 heteroatoms. The first kappa shape index (κ1) is 34.4. The van der Waals surface area contributed by atoms with E-state index in [-0.39, 0.29) is 42.7 Å². The van der Waals surface area contributed by atoms with Crippen molar-refractivity contribution in [2.24, 2.45) is 5.41 Å². The van der Waals surface area contributed by atoms with Crippen molar-refractivity contribution in [2.45, 2.75) is 71.6 Å². The summed E-state index contributed by atoms with van der Waals surface area (Å²) in [6.07, 6.45) is 5.66. The molecule has 0 atom stereocenters. The maximum atomic E-state index is 6.73. The molecule has 8 aromatic rings. The van der Waals surface area contributed by atoms with Gasteiger partial charge in [0.15, 0.2) is 0 Å². The van der Waals surface area contributed by atoms with Crippen molar-refractivity contribution in [3.8, 4) is 16.9 Å². The molecule has 3 aromatic heterocycles. The van der Waals surface area contributed by atoms with Gasteiger partial charge in [-0.05, 0) is 58.0 Å². The predicted molar refractivity (Wildman–Crippen MR) is 217 cm³/mol. The molecule has 0 aliphatic carbocycles. The number of anilines is 2. The molecule has 55 heavy (non-hydrogen) atoms. The maximum Gasteiger partial charge on any atom is 4.00 e. The van der Waals surface area contributed by atoms with Crippen LogP contribution in [0.2, 0.25) is 0 Å². The van der Waals surface area contributed by atoms with E-state index in [4.69, 9.17) is 13.8 Å². The van der Waals surface area contributed by atoms with E-state index in [2.05, 4.69) is 168 Å². The zero-order chi connectivity index (χ0) is 37.1. The Morgan fingerprint density at radius 3 is 1.78 bits per heavy atom. The second-order valence-corrected chi connectivity index (χ2v) is 17.4. The molecule has 0 radical (unpaired) electrons. The average molecular weight is 900 g/mol. The first-order chi connectivity index (χ1) is 25.8. The Bertz CT molecular complexity index is 2920. The van der Waals surface area contributed by atoms with E-state index >= 15 is 0 Å². The zero-order valence-corrected chi connectivity index (χ0v) is 34.4. The van der Waals surface area contributed by atoms with Gasteiger partial charge in [0, 0.05) is 34.3 Å². The molecular weight excluding hydrogens is 860 g/mol. The number of allylic oxidation sites excluding steroid dienone is 1. The fourth-order valence-electron chi connectivity index (χ4n) is 9.29. The monoisotopic (exact) mass is 899 g/mol. The van der Waals surface area contributed by atoms with Crippen LogP contribution in [0.1, 0.15) is 72.2 Å². The minimum absolute atomic E-state index is 0. The van der Waals surface area contributed by atoms with Crippen LogP contribution < -0.4 is 9.80 Å². The third kappa shape index (κ3) is 4.27. The number of furan rings is 2. The van der Waals surface area contributed by atoms with Crippen LogP contribution in [0.25, 0.3) is 60.8 Å². The number of aromatic nitrogens is 2. The Hall–Kier alpha value is -5.06. The summed E-state index contributed by atoms with van der Waals surface area (Å²) in [6, 6.07) is 37.3. The second kappa shape index (κ2) is 11.0. The summed E-state index contributed by atoms with van der Waals surface area (Å²) in [5.41, 5.74) is 12.2. The summed E-state index contributed by atoms with van der Waals surface area (Å²) >= 11 is 0. The zero-order valence-electron chi connectivity index (χ0n) is 32.2. The molecule has 3 aliphatic heterocycles. The van der Waals surface area contributed by atoms with Crippen molar-refractivity contribution in [3.63, 3.8) is 0 Å². The predicted octanol–water partition coefficient (Wildman–Crippen LogP) is 11.9. The fraction of sp³-hybridized carbons (Fsp3) is 0.250. The average Bonchev–Trinajstić information content (AvgIpc) is 3.96. The molecule has 6 heterocycles. The summed E-state index contributed by atoms with van der Waals surface area (Å²) in [5, 5.41) is 3.82. The fourth-order valence-corrected chi connectivity index (χ4v) is 9.29. The topological polar surface area (TPSA) is 50.6 Å². The molecule has 0 spiro atoms. The summed E-state index contributed by atoms with van der Waals surface area (Å²) in [6.45, 7) is 20.8. The van der Waals surface area contributed by atoms with Gasteiger partial charge < -0.3 is 28.2 Å². The van der Waals surface area contributed by atoms with Crippen molar-refractivity contribution in [1.82, 2.24) is 9.55 Å². The molecule has 0 N–H and O–H groups in total. The van der Waals surface area contributed by atoms with E-state index in [9.17, 15) is 0 Å². The molecule has 5 aromatic carbocycles. The Morgan fingerprint density at radius 2 is 1.16 bits per heavy atom. The van der Waals surface area contributed by atoms with E-state index in [0.717, 1.165) is 83.5 Å². The number of imidazole rings is 1. The van der Waals surface area contributed by atoms with E-state index < -0.39 is 0 Å². The van der Waals surface area contributed by atoms with Gasteiger partial charge in [0.05, 0.1) is 11.2 Å². The van der Waals surface area contributed by atoms with Gasteiger partial charge in [-0.25, -0.2) is 0 Å². The van der Waals surface area contributed by atoms with Crippen LogP contribution in [-0.4, -0.2) is 9.55 Å². The first-order valence-electron chi connectivity index (χ1n) is 18.8. The van der Waals surface area contributed by atoms with Crippen LogP contribution in [-0.2, 0) is 37.3 Å². The molecule has 0 unspecified atom stereocenters. The quantitative estimate of drug-likeness (QED) is 0.162. The third-order valence-corrected chi connectivity index (χ3v) is 13.9. The number of benzene rings is 5. The third-order valence-electron chi connectivity index (χ3n) is 13.9. The SMILES string of the molecule is CC1(C)C2=CN(c3ccccc3)[CH-]N2c2[c-]c3c(cc2C1(C)C)oc1ccc2oc4cc5c([c-]c4c2c13)-n1[c-]nc(-c2ccccc2)c1C(C)(C)C5(C)C.[Pt+4]. The van der Waals surface area contributed by atoms with Gasteiger partial charge in [-0.3, -0.25) is 0 Å². The second-order valence-electron chi connectivity index (χ2n) is 17.4. The summed E-state index contributed by atoms with van der Waals surface area (Å²) in [7, 11) is 0. The number of hydrogen-bond donors (Lipinski definition) is 0. The van der Waals surface area contributed by atoms with Gasteiger partial charge >= 0.3 is 21.1 Å². The largest absolute Gasteiger partial charge is 4.00 e. The molecule has 11 rings (SSSR count). The van der Waals surface area contributed by atoms with Crippen LogP contribution in [0, 0.1) is 30.5 Å². The van der Waals surface area contributed by atoms with Crippen LogP contribution in [0.15, 0.2) is 106 Å². The molecule has 6 nitrogen and oxygen atoms in total. The smallest absolute Gasteiger partial charge is 0.511 e. The number of hydrogen-bond acceptors (Lipinski definition) is 5. The van der Waals surface area contributed by atoms with Crippen molar-refractivity contribution in [1.29, 1.82) is 0 Å². The Kier molecular flexibility index (Phi) is 6.91. The summed E-state index contributed by atoms with van der Waals surface area (Å²) in [5.74, 6) is 0. The molecule has 274 valence electrons. The van der Waals surface area contributed by atoms with Gasteiger partial charge in [0.25, 0.3) is 0 Å². The normalized spacial score (nSPS) is 18.6. The summed E-state index contributed by atoms with van der Waals surface area (Å²) < 4.78 is 15.6. The van der Waals surface area contributed by atoms with Crippen molar-refractivity contribution >= 4 is 55.3 Å². The van der Waals surface area contributed by atoms with Gasteiger partial charge in [-0.1, -0.05) is 138 Å². The Balaban J connectivity index is 0.00000372. The Labute approximate surface area is 335 Å². The number of para-hydroxylation sites is 1. The molecule has 0 saturated heterocycles. The first-order valence-corrected chi connectivity index (χ1v) is 18.8. The van der Waals surface area contributed by atoms with E-state index in [1.165, 1.54) is 11.3 Å².